The van der Waals surface area contributed by atoms with Gasteiger partial charge in [-0.25, -0.2) is 0 Å². The van der Waals surface area contributed by atoms with Gasteiger partial charge in [-0.1, -0.05) is 59.1 Å². The monoisotopic (exact) mass is 538 g/mol. The van der Waals surface area contributed by atoms with Crippen LogP contribution in [0.3, 0.4) is 0 Å². The number of rotatable bonds is 9. The van der Waals surface area contributed by atoms with Crippen LogP contribution in [0.25, 0.3) is 10.9 Å². The molecule has 4 rings (SSSR count). The van der Waals surface area contributed by atoms with Gasteiger partial charge in [0.2, 0.25) is 0 Å². The second kappa shape index (κ2) is 11.8. The Morgan fingerprint density at radius 3 is 2.44 bits per heavy atom. The SMILES string of the molecule is Cl.O=[N+]([O-])c1ccc(NCCNCc2cn(Cc3ccc(Cl)cc3Cl)c3ccccc23)c(Cl)c1. The molecule has 6 nitrogen and oxygen atoms in total. The molecule has 0 unspecified atom stereocenters. The summed E-state index contributed by atoms with van der Waals surface area (Å²) in [5.74, 6) is 0. The average molecular weight is 540 g/mol. The molecule has 0 atom stereocenters. The molecule has 2 N–H and O–H groups in total. The number of benzene rings is 3. The second-order valence-corrected chi connectivity index (χ2v) is 8.81. The van der Waals surface area contributed by atoms with E-state index in [1.165, 1.54) is 23.1 Å². The number of hydrogen-bond donors (Lipinski definition) is 2. The van der Waals surface area contributed by atoms with Crippen molar-refractivity contribution in [2.75, 3.05) is 18.4 Å². The number of nitro groups is 1. The summed E-state index contributed by atoms with van der Waals surface area (Å²) in [5, 5.41) is 20.2. The topological polar surface area (TPSA) is 72.1 Å². The highest BCUT2D eigenvalue weighted by atomic mass is 35.5. The third-order valence-corrected chi connectivity index (χ3v) is 6.22. The van der Waals surface area contributed by atoms with Gasteiger partial charge >= 0.3 is 0 Å². The van der Waals surface area contributed by atoms with Crippen molar-refractivity contribution in [3.63, 3.8) is 0 Å². The summed E-state index contributed by atoms with van der Waals surface area (Å²) in [6.07, 6.45) is 2.14. The van der Waals surface area contributed by atoms with Crippen molar-refractivity contribution >= 4 is 69.5 Å². The minimum atomic E-state index is -0.464. The van der Waals surface area contributed by atoms with Crippen molar-refractivity contribution in [2.45, 2.75) is 13.1 Å². The molecule has 10 heteroatoms. The molecular weight excluding hydrogens is 518 g/mol. The third kappa shape index (κ3) is 6.14. The Balaban J connectivity index is 0.00000324. The molecule has 0 amide bonds. The van der Waals surface area contributed by atoms with Gasteiger partial charge in [-0.05, 0) is 35.4 Å². The molecule has 178 valence electrons. The molecule has 34 heavy (non-hydrogen) atoms. The Kier molecular flexibility index (Phi) is 9.05. The fourth-order valence-corrected chi connectivity index (χ4v) is 4.41. The molecule has 0 aliphatic carbocycles. The molecule has 0 aliphatic rings. The molecule has 0 radical (unpaired) electrons. The van der Waals surface area contributed by atoms with Crippen molar-refractivity contribution in [2.24, 2.45) is 0 Å². The summed E-state index contributed by atoms with van der Waals surface area (Å²) in [6.45, 7) is 2.65. The first-order chi connectivity index (χ1) is 15.9. The van der Waals surface area contributed by atoms with E-state index >= 15 is 0 Å². The molecule has 0 saturated carbocycles. The normalized spacial score (nSPS) is 10.8. The zero-order chi connectivity index (χ0) is 23.4. The van der Waals surface area contributed by atoms with Crippen molar-refractivity contribution in [1.82, 2.24) is 9.88 Å². The van der Waals surface area contributed by atoms with E-state index in [-0.39, 0.29) is 18.1 Å². The maximum Gasteiger partial charge on any atom is 0.271 e. The van der Waals surface area contributed by atoms with Crippen LogP contribution in [-0.2, 0) is 13.1 Å². The number of nitrogens with zero attached hydrogens (tertiary/aromatic N) is 2. The molecule has 1 heterocycles. The van der Waals surface area contributed by atoms with Gasteiger partial charge < -0.3 is 15.2 Å². The molecule has 1 aromatic heterocycles. The first-order valence-corrected chi connectivity index (χ1v) is 11.4. The van der Waals surface area contributed by atoms with Gasteiger partial charge in [-0.15, -0.1) is 12.4 Å². The molecule has 0 fully saturated rings. The summed E-state index contributed by atoms with van der Waals surface area (Å²) < 4.78 is 2.19. The Labute approximate surface area is 218 Å². The molecule has 3 aromatic carbocycles. The first-order valence-electron chi connectivity index (χ1n) is 10.3. The number of fused-ring (bicyclic) bond motifs is 1. The quantitative estimate of drug-likeness (QED) is 0.134. The molecule has 4 aromatic rings. The van der Waals surface area contributed by atoms with Crippen molar-refractivity contribution in [1.29, 1.82) is 0 Å². The Hall–Kier alpha value is -2.48. The van der Waals surface area contributed by atoms with Gasteiger partial charge in [0.25, 0.3) is 5.69 Å². The van der Waals surface area contributed by atoms with Gasteiger partial charge in [-0.2, -0.15) is 0 Å². The molecule has 0 spiro atoms. The lowest BCUT2D eigenvalue weighted by Gasteiger charge is -2.09. The molecular formula is C24H22Cl4N4O2. The second-order valence-electron chi connectivity index (χ2n) is 7.56. The van der Waals surface area contributed by atoms with E-state index in [2.05, 4.69) is 33.5 Å². The predicted molar refractivity (Wildman–Crippen MR) is 143 cm³/mol. The van der Waals surface area contributed by atoms with Crippen molar-refractivity contribution in [3.8, 4) is 0 Å². The van der Waals surface area contributed by atoms with Crippen LogP contribution in [-0.4, -0.2) is 22.6 Å². The molecule has 0 aliphatic heterocycles. The van der Waals surface area contributed by atoms with Crippen LogP contribution < -0.4 is 10.6 Å². The van der Waals surface area contributed by atoms with E-state index in [0.29, 0.717) is 46.9 Å². The standard InChI is InChI=1S/C24H21Cl3N4O2.ClH/c25-18-6-5-16(21(26)11-18)14-30-15-17(20-3-1-2-4-24(20)30)13-28-9-10-29-23-8-7-19(31(32)33)12-22(23)27;/h1-8,11-12,15,28-29H,9-10,13-14H2;1H. The van der Waals surface area contributed by atoms with Crippen LogP contribution >= 0.6 is 47.2 Å². The van der Waals surface area contributed by atoms with Crippen LogP contribution in [0.1, 0.15) is 11.1 Å². The van der Waals surface area contributed by atoms with Crippen LogP contribution in [0, 0.1) is 10.1 Å². The Morgan fingerprint density at radius 1 is 0.912 bits per heavy atom. The van der Waals surface area contributed by atoms with Crippen LogP contribution in [0.4, 0.5) is 11.4 Å². The predicted octanol–water partition coefficient (Wildman–Crippen LogP) is 7.18. The summed E-state index contributed by atoms with van der Waals surface area (Å²) in [5.41, 5.74) is 3.96. The number of nitrogens with one attached hydrogen (secondary N) is 2. The van der Waals surface area contributed by atoms with Crippen molar-refractivity contribution in [3.05, 3.63) is 103 Å². The first kappa shape index (κ1) is 26.1. The minimum absolute atomic E-state index is 0. The van der Waals surface area contributed by atoms with Crippen LogP contribution in [0.15, 0.2) is 66.9 Å². The minimum Gasteiger partial charge on any atom is -0.383 e. The van der Waals surface area contributed by atoms with Gasteiger partial charge in [0.15, 0.2) is 0 Å². The summed E-state index contributed by atoms with van der Waals surface area (Å²) in [6, 6.07) is 18.2. The number of hydrogen-bond acceptors (Lipinski definition) is 4. The van der Waals surface area contributed by atoms with E-state index < -0.39 is 4.92 Å². The highest BCUT2D eigenvalue weighted by Gasteiger charge is 2.11. The zero-order valence-electron chi connectivity index (χ0n) is 17.9. The number of halogens is 4. The number of para-hydroxylation sites is 1. The van der Waals surface area contributed by atoms with Gasteiger partial charge in [0.1, 0.15) is 0 Å². The van der Waals surface area contributed by atoms with E-state index in [1.54, 1.807) is 12.1 Å². The van der Waals surface area contributed by atoms with Crippen LogP contribution in [0.5, 0.6) is 0 Å². The summed E-state index contributed by atoms with van der Waals surface area (Å²) in [4.78, 5) is 10.4. The average Bonchev–Trinajstić information content (AvgIpc) is 3.14. The third-order valence-electron chi connectivity index (χ3n) is 5.32. The maximum atomic E-state index is 10.8. The zero-order valence-corrected chi connectivity index (χ0v) is 21.0. The lowest BCUT2D eigenvalue weighted by molar-refractivity contribution is -0.384. The molecule has 0 bridgehead atoms. The van der Waals surface area contributed by atoms with E-state index in [9.17, 15) is 10.1 Å². The number of non-ortho nitro benzene ring substituents is 1. The Morgan fingerprint density at radius 2 is 1.71 bits per heavy atom. The highest BCUT2D eigenvalue weighted by molar-refractivity contribution is 6.35. The van der Waals surface area contributed by atoms with E-state index in [1.807, 2.05) is 24.3 Å². The van der Waals surface area contributed by atoms with Crippen LogP contribution in [0.2, 0.25) is 15.1 Å². The number of anilines is 1. The lowest BCUT2D eigenvalue weighted by Crippen LogP contribution is -2.21. The fourth-order valence-electron chi connectivity index (χ4n) is 3.70. The number of aromatic nitrogens is 1. The maximum absolute atomic E-state index is 10.8. The van der Waals surface area contributed by atoms with Gasteiger partial charge in [-0.3, -0.25) is 10.1 Å². The summed E-state index contributed by atoms with van der Waals surface area (Å²) >= 11 is 18.5. The summed E-state index contributed by atoms with van der Waals surface area (Å²) in [7, 11) is 0. The van der Waals surface area contributed by atoms with Crippen molar-refractivity contribution < 1.29 is 4.92 Å². The van der Waals surface area contributed by atoms with E-state index in [0.717, 1.165) is 11.1 Å². The highest BCUT2D eigenvalue weighted by Crippen LogP contribution is 2.27. The van der Waals surface area contributed by atoms with Gasteiger partial charge in [0.05, 0.1) is 15.6 Å². The lowest BCUT2D eigenvalue weighted by atomic mass is 10.2. The van der Waals surface area contributed by atoms with E-state index in [4.69, 9.17) is 34.8 Å². The molecule has 0 saturated heterocycles. The number of nitro benzene ring substituents is 1. The van der Waals surface area contributed by atoms with Gasteiger partial charge in [0, 0.05) is 65.5 Å². The smallest absolute Gasteiger partial charge is 0.271 e. The largest absolute Gasteiger partial charge is 0.383 e. The fraction of sp³-hybridized carbons (Fsp3) is 0.167. The Bertz CT molecular complexity index is 1310.